The van der Waals surface area contributed by atoms with Crippen molar-refractivity contribution in [1.29, 1.82) is 0 Å². The molecule has 1 N–H and O–H groups in total. The number of hydrogen-bond acceptors (Lipinski definition) is 7. The minimum atomic E-state index is -3.30. The summed E-state index contributed by atoms with van der Waals surface area (Å²) in [7, 11) is -1.70. The van der Waals surface area contributed by atoms with Crippen molar-refractivity contribution in [3.05, 3.63) is 46.7 Å². The Morgan fingerprint density at radius 1 is 1.42 bits per heavy atom. The Bertz CT molecular complexity index is 873. The summed E-state index contributed by atoms with van der Waals surface area (Å²) in [5, 5.41) is 8.79. The predicted molar refractivity (Wildman–Crippen MR) is 95.6 cm³/mol. The summed E-state index contributed by atoms with van der Waals surface area (Å²) < 4.78 is 41.2. The molecule has 0 unspecified atom stereocenters. The molecule has 1 aromatic carbocycles. The second-order valence-electron chi connectivity index (χ2n) is 6.39. The van der Waals surface area contributed by atoms with Gasteiger partial charge in [-0.25, -0.2) is 12.8 Å². The van der Waals surface area contributed by atoms with E-state index in [9.17, 15) is 17.6 Å². The molecule has 0 aliphatic carbocycles. The fourth-order valence-electron chi connectivity index (χ4n) is 3.06. The monoisotopic (exact) mass is 398 g/mol. The Labute approximate surface area is 155 Å². The minimum Gasteiger partial charge on any atom is -0.341 e. The lowest BCUT2D eigenvalue weighted by Gasteiger charge is -2.24. The zero-order valence-corrected chi connectivity index (χ0v) is 15.8. The maximum absolute atomic E-state index is 13.3. The van der Waals surface area contributed by atoms with Gasteiger partial charge in [0.15, 0.2) is 9.84 Å². The van der Waals surface area contributed by atoms with Crippen LogP contribution in [0.5, 0.6) is 0 Å². The second kappa shape index (κ2) is 7.77. The Balaban J connectivity index is 1.68. The molecular formula is C16H19FN4O3S2. The predicted octanol–water partition coefficient (Wildman–Crippen LogP) is 0.839. The van der Waals surface area contributed by atoms with E-state index in [1.807, 2.05) is 0 Å². The molecule has 1 fully saturated rings. The molecule has 1 amide bonds. The first-order chi connectivity index (χ1) is 12.3. The maximum Gasteiger partial charge on any atom is 0.228 e. The lowest BCUT2D eigenvalue weighted by Crippen LogP contribution is -2.44. The van der Waals surface area contributed by atoms with Crippen molar-refractivity contribution in [1.82, 2.24) is 19.8 Å². The number of benzene rings is 1. The van der Waals surface area contributed by atoms with E-state index in [0.29, 0.717) is 17.8 Å². The first kappa shape index (κ1) is 18.9. The van der Waals surface area contributed by atoms with Crippen LogP contribution in [-0.4, -0.2) is 53.4 Å². The van der Waals surface area contributed by atoms with Crippen molar-refractivity contribution in [3.8, 4) is 0 Å². The average molecular weight is 398 g/mol. The number of carbonyl (C=O) groups is 1. The highest BCUT2D eigenvalue weighted by atomic mass is 32.2. The van der Waals surface area contributed by atoms with Crippen molar-refractivity contribution in [2.75, 3.05) is 18.6 Å². The Kier molecular flexibility index (Phi) is 5.64. The van der Waals surface area contributed by atoms with E-state index in [1.54, 1.807) is 24.6 Å². The number of carbonyl (C=O) groups excluding carboxylic acids is 1. The second-order valence-corrected chi connectivity index (χ2v) is 9.15. The normalized spacial score (nSPS) is 21.6. The standard InChI is InChI=1S/C16H19FN4O3S2/c1-21(7-11-3-2-4-12(17)5-11)16(22)14-9-26(23,24)10-15(14)18-6-13-8-25-20-19-13/h2-5,8,14-15,18H,6-7,9-10H2,1H3/t14-,15-/m1/s1. The van der Waals surface area contributed by atoms with Crippen LogP contribution in [0.1, 0.15) is 11.3 Å². The number of sulfone groups is 1. The van der Waals surface area contributed by atoms with Gasteiger partial charge in [0.2, 0.25) is 5.91 Å². The number of nitrogens with one attached hydrogen (secondary N) is 1. The van der Waals surface area contributed by atoms with Gasteiger partial charge >= 0.3 is 0 Å². The number of amides is 1. The quantitative estimate of drug-likeness (QED) is 0.775. The van der Waals surface area contributed by atoms with E-state index >= 15 is 0 Å². The van der Waals surface area contributed by atoms with Gasteiger partial charge < -0.3 is 10.2 Å². The molecule has 7 nitrogen and oxygen atoms in total. The average Bonchev–Trinajstić information content (AvgIpc) is 3.19. The van der Waals surface area contributed by atoms with Gasteiger partial charge in [-0.15, -0.1) is 5.10 Å². The third kappa shape index (κ3) is 4.63. The van der Waals surface area contributed by atoms with Crippen LogP contribution in [-0.2, 0) is 27.7 Å². The van der Waals surface area contributed by atoms with Gasteiger partial charge in [0.05, 0.1) is 23.1 Å². The summed E-state index contributed by atoms with van der Waals surface area (Å²) in [4.78, 5) is 14.2. The summed E-state index contributed by atoms with van der Waals surface area (Å²) in [5.41, 5.74) is 1.36. The SMILES string of the molecule is CN(Cc1cccc(F)c1)C(=O)[C@@H]1CS(=O)(=O)C[C@H]1NCc1csnn1. The topological polar surface area (TPSA) is 92.3 Å². The Morgan fingerprint density at radius 2 is 2.23 bits per heavy atom. The fraction of sp³-hybridized carbons (Fsp3) is 0.438. The highest BCUT2D eigenvalue weighted by molar-refractivity contribution is 7.91. The van der Waals surface area contributed by atoms with Crippen LogP contribution in [0.3, 0.4) is 0 Å². The molecule has 1 aliphatic heterocycles. The number of nitrogens with zero attached hydrogens (tertiary/aromatic N) is 3. The van der Waals surface area contributed by atoms with Crippen molar-refractivity contribution < 1.29 is 17.6 Å². The molecule has 1 saturated heterocycles. The molecule has 26 heavy (non-hydrogen) atoms. The third-order valence-electron chi connectivity index (χ3n) is 4.31. The molecule has 10 heteroatoms. The van der Waals surface area contributed by atoms with E-state index in [-0.39, 0.29) is 29.8 Å². The van der Waals surface area contributed by atoms with E-state index in [2.05, 4.69) is 14.9 Å². The van der Waals surface area contributed by atoms with Crippen molar-refractivity contribution in [2.24, 2.45) is 5.92 Å². The summed E-state index contributed by atoms with van der Waals surface area (Å²) >= 11 is 1.21. The number of rotatable bonds is 6. The molecule has 1 aliphatic rings. The van der Waals surface area contributed by atoms with Crippen LogP contribution in [0.4, 0.5) is 4.39 Å². The highest BCUT2D eigenvalue weighted by Crippen LogP contribution is 2.22. The maximum atomic E-state index is 13.3. The number of halogens is 1. The summed E-state index contributed by atoms with van der Waals surface area (Å²) in [5.74, 6) is -1.60. The lowest BCUT2D eigenvalue weighted by molar-refractivity contribution is -0.134. The van der Waals surface area contributed by atoms with Crippen molar-refractivity contribution in [2.45, 2.75) is 19.1 Å². The molecule has 2 atom stereocenters. The summed E-state index contributed by atoms with van der Waals surface area (Å²) in [6, 6.07) is 5.52. The Morgan fingerprint density at radius 3 is 2.92 bits per heavy atom. The van der Waals surface area contributed by atoms with E-state index < -0.39 is 21.8 Å². The summed E-state index contributed by atoms with van der Waals surface area (Å²) in [6.07, 6.45) is 0. The van der Waals surface area contributed by atoms with Crippen LogP contribution in [0.25, 0.3) is 0 Å². The van der Waals surface area contributed by atoms with Gasteiger partial charge in [-0.3, -0.25) is 4.79 Å². The van der Waals surface area contributed by atoms with Crippen LogP contribution in [0.2, 0.25) is 0 Å². The van der Waals surface area contributed by atoms with Gasteiger partial charge in [-0.2, -0.15) is 0 Å². The molecule has 0 bridgehead atoms. The number of aromatic nitrogens is 2. The molecule has 140 valence electrons. The first-order valence-corrected chi connectivity index (χ1v) is 10.7. The van der Waals surface area contributed by atoms with Gasteiger partial charge in [-0.1, -0.05) is 16.6 Å². The molecule has 0 saturated carbocycles. The largest absolute Gasteiger partial charge is 0.341 e. The molecule has 1 aromatic heterocycles. The Hall–Kier alpha value is -1.91. The summed E-state index contributed by atoms with van der Waals surface area (Å²) in [6.45, 7) is 0.573. The fourth-order valence-corrected chi connectivity index (χ4v) is 5.47. The molecular weight excluding hydrogens is 379 g/mol. The van der Waals surface area contributed by atoms with Crippen molar-refractivity contribution >= 4 is 27.3 Å². The van der Waals surface area contributed by atoms with Crippen LogP contribution >= 0.6 is 11.5 Å². The molecule has 3 rings (SSSR count). The van der Waals surface area contributed by atoms with Crippen molar-refractivity contribution in [3.63, 3.8) is 0 Å². The van der Waals surface area contributed by atoms with Crippen LogP contribution in [0.15, 0.2) is 29.6 Å². The third-order valence-corrected chi connectivity index (χ3v) is 6.59. The molecule has 2 heterocycles. The number of hydrogen-bond donors (Lipinski definition) is 1. The zero-order chi connectivity index (χ0) is 18.7. The highest BCUT2D eigenvalue weighted by Gasteiger charge is 2.42. The van der Waals surface area contributed by atoms with E-state index in [1.165, 1.54) is 28.6 Å². The van der Waals surface area contributed by atoms with Gasteiger partial charge in [0.25, 0.3) is 0 Å². The molecule has 0 radical (unpaired) electrons. The molecule has 0 spiro atoms. The molecule has 2 aromatic rings. The van der Waals surface area contributed by atoms with E-state index in [4.69, 9.17) is 0 Å². The van der Waals surface area contributed by atoms with Gasteiger partial charge in [0, 0.05) is 31.6 Å². The van der Waals surface area contributed by atoms with Gasteiger partial charge in [0.1, 0.15) is 5.82 Å². The smallest absolute Gasteiger partial charge is 0.228 e. The van der Waals surface area contributed by atoms with Crippen LogP contribution in [0, 0.1) is 11.7 Å². The lowest BCUT2D eigenvalue weighted by atomic mass is 10.0. The zero-order valence-electron chi connectivity index (χ0n) is 14.1. The minimum absolute atomic E-state index is 0.0885. The first-order valence-electron chi connectivity index (χ1n) is 8.03. The van der Waals surface area contributed by atoms with E-state index in [0.717, 1.165) is 0 Å². The van der Waals surface area contributed by atoms with Gasteiger partial charge in [-0.05, 0) is 29.2 Å². The van der Waals surface area contributed by atoms with Crippen LogP contribution < -0.4 is 5.32 Å².